The zero-order valence-electron chi connectivity index (χ0n) is 31.6. The molecule has 4 aromatic rings. The number of para-hydroxylation sites is 1. The molecule has 0 amide bonds. The summed E-state index contributed by atoms with van der Waals surface area (Å²) in [4.78, 5) is 17.9. The number of methoxy groups -OCH3 is 1. The lowest BCUT2D eigenvalue weighted by Crippen LogP contribution is -2.62. The van der Waals surface area contributed by atoms with Crippen molar-refractivity contribution in [2.45, 2.75) is 75.9 Å². The molecule has 4 bridgehead atoms. The number of Topliss-reactive ketones (excluding diaryl/α,β-unsaturated/α-hetero) is 1. The number of carbonyl (C=O) groups is 1. The molecule has 6 aliphatic rings. The number of ether oxygens (including phenoxy) is 3. The third-order valence-electron chi connectivity index (χ3n) is 15.0. The molecule has 6 aliphatic heterocycles. The van der Waals surface area contributed by atoms with Gasteiger partial charge in [-0.1, -0.05) is 18.2 Å². The van der Waals surface area contributed by atoms with Crippen LogP contribution in [0.1, 0.15) is 66.9 Å². The first-order valence-corrected chi connectivity index (χ1v) is 19.4. The highest BCUT2D eigenvalue weighted by Crippen LogP contribution is 2.56. The number of benzene rings is 2. The largest absolute Gasteiger partial charge is 0.500 e. The van der Waals surface area contributed by atoms with Gasteiger partial charge in [-0.05, 0) is 101 Å². The lowest BCUT2D eigenvalue weighted by Gasteiger charge is -2.58. The van der Waals surface area contributed by atoms with E-state index < -0.39 is 5.79 Å². The molecule has 0 spiro atoms. The Morgan fingerprint density at radius 3 is 2.37 bits per heavy atom. The second-order valence-corrected chi connectivity index (χ2v) is 17.2. The topological polar surface area (TPSA) is 81.3 Å². The maximum Gasteiger partial charge on any atom is 0.166 e. The molecule has 0 aliphatic carbocycles. The minimum atomic E-state index is -1.25. The number of piperidine rings is 2. The normalized spacial score (nSPS) is 35.3. The molecular formula is C43H52N4O5. The van der Waals surface area contributed by atoms with Crippen molar-refractivity contribution in [3.05, 3.63) is 76.3 Å². The van der Waals surface area contributed by atoms with Gasteiger partial charge in [0.25, 0.3) is 0 Å². The van der Waals surface area contributed by atoms with Crippen LogP contribution in [0.15, 0.2) is 48.2 Å². The molecule has 1 N–H and O–H groups in total. The molecular weight excluding hydrogens is 652 g/mol. The van der Waals surface area contributed by atoms with Crippen LogP contribution in [0.2, 0.25) is 0 Å². The number of likely N-dealkylation sites (N-methyl/N-ethyl adjacent to an activating group) is 2. The minimum absolute atomic E-state index is 0.0857. The van der Waals surface area contributed by atoms with Crippen molar-refractivity contribution in [2.75, 3.05) is 34.4 Å². The second kappa shape index (κ2) is 11.4. The number of ketones is 1. The summed E-state index contributed by atoms with van der Waals surface area (Å²) in [6.45, 7) is 4.80. The third kappa shape index (κ3) is 4.39. The van der Waals surface area contributed by atoms with Gasteiger partial charge >= 0.3 is 0 Å². The number of carbonyl (C=O) groups excluding carboxylic acids is 1. The fraction of sp³-hybridized carbons (Fsp3) is 0.558. The summed E-state index contributed by atoms with van der Waals surface area (Å²) in [5, 5.41) is 14.9. The fourth-order valence-corrected chi connectivity index (χ4v) is 12.5. The first-order chi connectivity index (χ1) is 25.0. The summed E-state index contributed by atoms with van der Waals surface area (Å²) in [6, 6.07) is 14.4. The maximum atomic E-state index is 12.7. The highest BCUT2D eigenvalue weighted by atomic mass is 16.6. The van der Waals surface area contributed by atoms with Gasteiger partial charge in [-0.2, -0.15) is 0 Å². The summed E-state index contributed by atoms with van der Waals surface area (Å²) in [7, 11) is 10.8. The number of aromatic nitrogens is 2. The summed E-state index contributed by atoms with van der Waals surface area (Å²) in [5.74, 6) is 0.712. The maximum absolute atomic E-state index is 12.7. The van der Waals surface area contributed by atoms with Crippen LogP contribution in [-0.4, -0.2) is 82.1 Å². The van der Waals surface area contributed by atoms with Crippen LogP contribution in [0.3, 0.4) is 0 Å². The number of hydrogen-bond acceptors (Lipinski definition) is 7. The van der Waals surface area contributed by atoms with Crippen molar-refractivity contribution >= 4 is 27.6 Å². The molecule has 3 saturated heterocycles. The number of fused-ring (bicyclic) bond motifs is 16. The molecule has 0 saturated carbocycles. The van der Waals surface area contributed by atoms with Crippen molar-refractivity contribution < 1.29 is 24.1 Å². The van der Waals surface area contributed by atoms with E-state index in [0.29, 0.717) is 37.5 Å². The van der Waals surface area contributed by atoms with Gasteiger partial charge in [0.15, 0.2) is 11.6 Å². The zero-order chi connectivity index (χ0) is 36.0. The highest BCUT2D eigenvalue weighted by molar-refractivity contribution is 5.94. The van der Waals surface area contributed by atoms with Gasteiger partial charge in [0, 0.05) is 83.2 Å². The minimum Gasteiger partial charge on any atom is -0.500 e. The van der Waals surface area contributed by atoms with E-state index in [2.05, 4.69) is 83.5 Å². The molecule has 0 radical (unpaired) electrons. The Morgan fingerprint density at radius 2 is 1.60 bits per heavy atom. The fourth-order valence-electron chi connectivity index (χ4n) is 12.5. The number of rotatable bonds is 4. The van der Waals surface area contributed by atoms with E-state index in [9.17, 15) is 9.90 Å². The van der Waals surface area contributed by atoms with Crippen LogP contribution < -0.4 is 4.74 Å². The van der Waals surface area contributed by atoms with Crippen molar-refractivity contribution in [3.63, 3.8) is 0 Å². The summed E-state index contributed by atoms with van der Waals surface area (Å²) in [6.07, 6.45) is 6.24. The highest BCUT2D eigenvalue weighted by Gasteiger charge is 2.56. The number of aliphatic hydroxyl groups is 1. The van der Waals surface area contributed by atoms with Gasteiger partial charge in [0.05, 0.1) is 44.2 Å². The molecule has 52 heavy (non-hydrogen) atoms. The van der Waals surface area contributed by atoms with Crippen LogP contribution in [0.5, 0.6) is 5.75 Å². The van der Waals surface area contributed by atoms with E-state index in [1.807, 2.05) is 6.92 Å². The quantitative estimate of drug-likeness (QED) is 0.286. The molecule has 10 atom stereocenters. The average molecular weight is 705 g/mol. The Balaban J connectivity index is 1.07. The smallest absolute Gasteiger partial charge is 0.166 e. The summed E-state index contributed by atoms with van der Waals surface area (Å²) in [5.41, 5.74) is 10.2. The van der Waals surface area contributed by atoms with Crippen molar-refractivity contribution in [3.8, 4) is 5.75 Å². The van der Waals surface area contributed by atoms with Crippen molar-refractivity contribution in [1.29, 1.82) is 0 Å². The van der Waals surface area contributed by atoms with Crippen LogP contribution >= 0.6 is 0 Å². The monoisotopic (exact) mass is 704 g/mol. The predicted molar refractivity (Wildman–Crippen MR) is 200 cm³/mol. The Hall–Kier alpha value is -3.63. The Morgan fingerprint density at radius 1 is 0.904 bits per heavy atom. The standard InChI is InChI=1S/C43H52N4O5/c1-22(48)30-19-51-20-31-26(30)15-38-42-29(18-36(31)45(38)4)40-23(12-24(50-7)14-37(40)47(42)6)13-33-27-16-39-41-28(25-10-8-9-11-34(25)46(41)5)17-35(44(39)3)32(27)21-52-43(33,2)49/h8-12,14,19,26-27,31-33,35-36,38-39,49H,13,15-18,20-21H2,1-7H3. The number of nitrogens with zero attached hydrogens (tertiary/aromatic N) is 4. The Kier molecular flexibility index (Phi) is 7.25. The lowest BCUT2D eigenvalue weighted by atomic mass is 9.62. The van der Waals surface area contributed by atoms with Gasteiger partial charge in [0.2, 0.25) is 0 Å². The van der Waals surface area contributed by atoms with E-state index in [1.165, 1.54) is 49.9 Å². The van der Waals surface area contributed by atoms with E-state index >= 15 is 0 Å². The van der Waals surface area contributed by atoms with E-state index in [1.54, 1.807) is 20.3 Å². The van der Waals surface area contributed by atoms with E-state index in [4.69, 9.17) is 14.2 Å². The van der Waals surface area contributed by atoms with Gasteiger partial charge in [-0.3, -0.25) is 14.6 Å². The average Bonchev–Trinajstić information content (AvgIpc) is 3.56. The van der Waals surface area contributed by atoms with E-state index in [0.717, 1.165) is 37.0 Å². The second-order valence-electron chi connectivity index (χ2n) is 17.2. The van der Waals surface area contributed by atoms with Crippen LogP contribution in [0.25, 0.3) is 21.8 Å². The van der Waals surface area contributed by atoms with Gasteiger partial charge < -0.3 is 28.5 Å². The summed E-state index contributed by atoms with van der Waals surface area (Å²) >= 11 is 0. The van der Waals surface area contributed by atoms with Crippen LogP contribution in [-0.2, 0) is 47.6 Å². The molecule has 9 nitrogen and oxygen atoms in total. The first kappa shape index (κ1) is 33.0. The molecule has 2 aromatic carbocycles. The lowest BCUT2D eigenvalue weighted by molar-refractivity contribution is -0.289. The summed E-state index contributed by atoms with van der Waals surface area (Å²) < 4.78 is 23.3. The van der Waals surface area contributed by atoms with Crippen LogP contribution in [0.4, 0.5) is 0 Å². The van der Waals surface area contributed by atoms with Gasteiger partial charge in [-0.15, -0.1) is 0 Å². The predicted octanol–water partition coefficient (Wildman–Crippen LogP) is 5.85. The molecule has 2 aromatic heterocycles. The molecule has 10 unspecified atom stereocenters. The number of allylic oxidation sites excluding steroid dienone is 1. The number of hydrogen-bond donors (Lipinski definition) is 1. The van der Waals surface area contributed by atoms with Gasteiger partial charge in [0.1, 0.15) is 5.75 Å². The third-order valence-corrected chi connectivity index (χ3v) is 15.0. The van der Waals surface area contributed by atoms with Crippen molar-refractivity contribution in [1.82, 2.24) is 18.9 Å². The SMILES string of the molecule is COc1cc(CC2C3CC4c5c(c6ccccc6n5C)CC(C3COC2(C)O)N4C)c2c3c(n(C)c2c1)C1CC2C(C(C)=O)=COCC2C(C3)N1C. The Labute approximate surface area is 306 Å². The molecule has 274 valence electrons. The molecule has 3 fully saturated rings. The zero-order valence-corrected chi connectivity index (χ0v) is 31.6. The van der Waals surface area contributed by atoms with Crippen LogP contribution in [0, 0.1) is 29.6 Å². The van der Waals surface area contributed by atoms with Gasteiger partial charge in [-0.25, -0.2) is 0 Å². The molecule has 8 heterocycles. The Bertz CT molecular complexity index is 2180. The molecule has 10 rings (SSSR count). The van der Waals surface area contributed by atoms with Crippen molar-refractivity contribution in [2.24, 2.45) is 43.7 Å². The molecule has 9 heteroatoms. The van der Waals surface area contributed by atoms with E-state index in [-0.39, 0.29) is 41.7 Å². The first-order valence-electron chi connectivity index (χ1n) is 19.4. The number of aryl methyl sites for hydroxylation is 2.